The van der Waals surface area contributed by atoms with E-state index in [-0.39, 0.29) is 0 Å². The van der Waals surface area contributed by atoms with Crippen LogP contribution in [0.5, 0.6) is 0 Å². The summed E-state index contributed by atoms with van der Waals surface area (Å²) in [6.45, 7) is 0. The molecule has 0 N–H and O–H groups in total. The molecular weight excluding hydrogens is 88.1 g/mol. The van der Waals surface area contributed by atoms with Gasteiger partial charge in [-0.3, -0.25) is 4.79 Å². The maximum absolute atomic E-state index is 9.89. The second-order valence-electron chi connectivity index (χ2n) is 1.46. The summed E-state index contributed by atoms with van der Waals surface area (Å²) in [5, 5.41) is 0. The zero-order valence-corrected chi connectivity index (χ0v) is 3.92. The van der Waals surface area contributed by atoms with Gasteiger partial charge in [-0.25, -0.2) is 0 Å². The molecular formula is C6H6O. The van der Waals surface area contributed by atoms with E-state index in [0.717, 1.165) is 18.3 Å². The summed E-state index contributed by atoms with van der Waals surface area (Å²) in [6.07, 6.45) is 7.47. The first-order valence-corrected chi connectivity index (χ1v) is 2.25. The second kappa shape index (κ2) is 1.73. The number of hydrogen-bond acceptors (Lipinski definition) is 1. The minimum atomic E-state index is 0.806. The molecule has 0 aromatic carbocycles. The molecule has 0 unspecified atom stereocenters. The molecule has 0 heterocycles. The van der Waals surface area contributed by atoms with Crippen LogP contribution < -0.4 is 0 Å². The average Bonchev–Trinajstić information content (AvgIpc) is 2.14. The standard InChI is InChI=1S/C6H6O/c7-5-6-3-1-2-4-6/h1,3-5H,2H2. The quantitative estimate of drug-likeness (QED) is 0.444. The largest absolute Gasteiger partial charge is 0.298 e. The zero-order valence-electron chi connectivity index (χ0n) is 3.92. The molecule has 1 aliphatic carbocycles. The van der Waals surface area contributed by atoms with Gasteiger partial charge in [0.15, 0.2) is 0 Å². The van der Waals surface area contributed by atoms with E-state index in [4.69, 9.17) is 0 Å². The Hall–Kier alpha value is -0.850. The van der Waals surface area contributed by atoms with Gasteiger partial charge in [0.25, 0.3) is 0 Å². The van der Waals surface area contributed by atoms with E-state index in [1.54, 1.807) is 0 Å². The molecule has 0 saturated heterocycles. The van der Waals surface area contributed by atoms with Gasteiger partial charge in [0.05, 0.1) is 0 Å². The molecule has 0 fully saturated rings. The highest BCUT2D eigenvalue weighted by atomic mass is 16.1. The predicted octanol–water partition coefficient (Wildman–Crippen LogP) is 1.07. The monoisotopic (exact) mass is 94.0 g/mol. The van der Waals surface area contributed by atoms with Crippen LogP contribution in [0.1, 0.15) is 6.42 Å². The highest BCUT2D eigenvalue weighted by Gasteiger charge is 1.90. The lowest BCUT2D eigenvalue weighted by Gasteiger charge is -1.72. The molecule has 0 bridgehead atoms. The van der Waals surface area contributed by atoms with Crippen LogP contribution in [0.15, 0.2) is 23.8 Å². The molecule has 0 radical (unpaired) electrons. The molecule has 1 nitrogen and oxygen atoms in total. The summed E-state index contributed by atoms with van der Waals surface area (Å²) in [7, 11) is 0. The van der Waals surface area contributed by atoms with E-state index < -0.39 is 0 Å². The molecule has 0 spiro atoms. The van der Waals surface area contributed by atoms with Gasteiger partial charge < -0.3 is 0 Å². The number of allylic oxidation sites excluding steroid dienone is 4. The minimum Gasteiger partial charge on any atom is -0.298 e. The third-order valence-electron chi connectivity index (χ3n) is 0.936. The SMILES string of the molecule is O=CC1=CCC=C1. The van der Waals surface area contributed by atoms with Crippen LogP contribution >= 0.6 is 0 Å². The normalized spacial score (nSPS) is 16.9. The molecule has 1 aliphatic rings. The Morgan fingerprint density at radius 1 is 1.71 bits per heavy atom. The molecule has 0 saturated carbocycles. The Balaban J connectivity index is 2.69. The van der Waals surface area contributed by atoms with Crippen molar-refractivity contribution in [3.8, 4) is 0 Å². The van der Waals surface area contributed by atoms with Gasteiger partial charge in [-0.05, 0) is 6.42 Å². The van der Waals surface area contributed by atoms with Crippen LogP contribution in [0.2, 0.25) is 0 Å². The van der Waals surface area contributed by atoms with E-state index in [1.165, 1.54) is 0 Å². The first kappa shape index (κ1) is 4.31. The zero-order chi connectivity index (χ0) is 5.11. The summed E-state index contributed by atoms with van der Waals surface area (Å²) < 4.78 is 0. The minimum absolute atomic E-state index is 0.806. The number of carbonyl (C=O) groups excluding carboxylic acids is 1. The summed E-state index contributed by atoms with van der Waals surface area (Å²) in [4.78, 5) is 9.89. The van der Waals surface area contributed by atoms with Gasteiger partial charge in [-0.15, -0.1) is 0 Å². The van der Waals surface area contributed by atoms with E-state index in [9.17, 15) is 4.79 Å². The Morgan fingerprint density at radius 3 is 2.86 bits per heavy atom. The predicted molar refractivity (Wildman–Crippen MR) is 27.9 cm³/mol. The molecule has 1 rings (SSSR count). The van der Waals surface area contributed by atoms with Crippen molar-refractivity contribution in [3.63, 3.8) is 0 Å². The molecule has 1 heteroatoms. The van der Waals surface area contributed by atoms with Crippen LogP contribution in [0.3, 0.4) is 0 Å². The first-order valence-electron chi connectivity index (χ1n) is 2.25. The van der Waals surface area contributed by atoms with Crippen molar-refractivity contribution in [2.24, 2.45) is 0 Å². The van der Waals surface area contributed by atoms with Crippen molar-refractivity contribution in [2.75, 3.05) is 0 Å². The lowest BCUT2D eigenvalue weighted by atomic mass is 10.3. The van der Waals surface area contributed by atoms with E-state index >= 15 is 0 Å². The van der Waals surface area contributed by atoms with Crippen molar-refractivity contribution in [1.29, 1.82) is 0 Å². The van der Waals surface area contributed by atoms with E-state index in [2.05, 4.69) is 0 Å². The van der Waals surface area contributed by atoms with Crippen LogP contribution in [-0.4, -0.2) is 6.29 Å². The fraction of sp³-hybridized carbons (Fsp3) is 0.167. The Kier molecular flexibility index (Phi) is 1.07. The summed E-state index contributed by atoms with van der Waals surface area (Å²) in [6, 6.07) is 0. The lowest BCUT2D eigenvalue weighted by molar-refractivity contribution is -0.104. The summed E-state index contributed by atoms with van der Waals surface area (Å²) in [5.41, 5.74) is 0.806. The number of aldehydes is 1. The van der Waals surface area contributed by atoms with Gasteiger partial charge in [-0.2, -0.15) is 0 Å². The molecule has 0 aromatic heterocycles. The third kappa shape index (κ3) is 0.769. The average molecular weight is 94.1 g/mol. The number of rotatable bonds is 1. The molecule has 7 heavy (non-hydrogen) atoms. The lowest BCUT2D eigenvalue weighted by Crippen LogP contribution is -1.69. The van der Waals surface area contributed by atoms with Crippen LogP contribution in [-0.2, 0) is 4.79 Å². The van der Waals surface area contributed by atoms with Crippen molar-refractivity contribution in [2.45, 2.75) is 6.42 Å². The topological polar surface area (TPSA) is 17.1 Å². The van der Waals surface area contributed by atoms with Crippen LogP contribution in [0, 0.1) is 0 Å². The molecule has 0 aliphatic heterocycles. The van der Waals surface area contributed by atoms with Gasteiger partial charge in [0.2, 0.25) is 0 Å². The van der Waals surface area contributed by atoms with Gasteiger partial charge in [-0.1, -0.05) is 18.2 Å². The van der Waals surface area contributed by atoms with E-state index in [0.29, 0.717) is 0 Å². The third-order valence-corrected chi connectivity index (χ3v) is 0.936. The van der Waals surface area contributed by atoms with Crippen molar-refractivity contribution < 1.29 is 4.79 Å². The van der Waals surface area contributed by atoms with Crippen molar-refractivity contribution in [1.82, 2.24) is 0 Å². The van der Waals surface area contributed by atoms with Crippen molar-refractivity contribution in [3.05, 3.63) is 23.8 Å². The second-order valence-corrected chi connectivity index (χ2v) is 1.46. The van der Waals surface area contributed by atoms with Crippen LogP contribution in [0.25, 0.3) is 0 Å². The van der Waals surface area contributed by atoms with Gasteiger partial charge >= 0.3 is 0 Å². The fourth-order valence-corrected chi connectivity index (χ4v) is 0.564. The Bertz CT molecular complexity index is 131. The highest BCUT2D eigenvalue weighted by molar-refractivity contribution is 5.78. The van der Waals surface area contributed by atoms with Crippen LogP contribution in [0.4, 0.5) is 0 Å². The molecule has 0 aromatic rings. The fourth-order valence-electron chi connectivity index (χ4n) is 0.564. The summed E-state index contributed by atoms with van der Waals surface area (Å²) in [5.74, 6) is 0. The first-order chi connectivity index (χ1) is 3.43. The van der Waals surface area contributed by atoms with E-state index in [1.807, 2.05) is 18.2 Å². The number of carbonyl (C=O) groups is 1. The number of hydrogen-bond donors (Lipinski definition) is 0. The highest BCUT2D eigenvalue weighted by Crippen LogP contribution is 2.03. The Morgan fingerprint density at radius 2 is 2.57 bits per heavy atom. The Labute approximate surface area is 42.3 Å². The molecule has 0 amide bonds. The van der Waals surface area contributed by atoms with Gasteiger partial charge in [0, 0.05) is 5.57 Å². The van der Waals surface area contributed by atoms with Gasteiger partial charge in [0.1, 0.15) is 6.29 Å². The maximum atomic E-state index is 9.89. The smallest absolute Gasteiger partial charge is 0.149 e. The molecule has 0 atom stereocenters. The summed E-state index contributed by atoms with van der Waals surface area (Å²) >= 11 is 0. The molecule has 36 valence electrons. The van der Waals surface area contributed by atoms with Crippen molar-refractivity contribution >= 4 is 6.29 Å². The maximum Gasteiger partial charge on any atom is 0.149 e.